The largest absolute Gasteiger partial charge is 0.473 e. The molecule has 2 N–H and O–H groups in total. The van der Waals surface area contributed by atoms with Crippen LogP contribution >= 0.6 is 0 Å². The Balaban J connectivity index is 1.51. The molecule has 4 rings (SSSR count). The van der Waals surface area contributed by atoms with Crippen molar-refractivity contribution in [1.29, 1.82) is 5.26 Å². The van der Waals surface area contributed by atoms with E-state index in [1.54, 1.807) is 17.3 Å². The van der Waals surface area contributed by atoms with Gasteiger partial charge in [-0.1, -0.05) is 27.2 Å². The lowest BCUT2D eigenvalue weighted by molar-refractivity contribution is -0.137. The third kappa shape index (κ3) is 5.32. The zero-order valence-electron chi connectivity index (χ0n) is 20.3. The van der Waals surface area contributed by atoms with Crippen molar-refractivity contribution in [2.45, 2.75) is 77.9 Å². The first-order chi connectivity index (χ1) is 16.3. The molecule has 2 aromatic rings. The number of aromatic amines is 1. The van der Waals surface area contributed by atoms with Crippen molar-refractivity contribution in [1.82, 2.24) is 25.2 Å². The van der Waals surface area contributed by atoms with Crippen LogP contribution in [-0.4, -0.2) is 56.9 Å². The minimum atomic E-state index is -0.710. The lowest BCUT2D eigenvalue weighted by Crippen LogP contribution is -2.56. The number of nitrogens with one attached hydrogen (secondary N) is 2. The standard InChI is InChI=1S/C25H34N6O3/c1-25(2,3)21(24(33)31-11-9-16(13-26)10-12-31)30-23(32)18-14-27-22-20(18)29-19(15-28-22)34-17-7-5-4-6-8-17/h14-17,21H,4-12H2,1-3H3,(H,27,28)(H,30,32)/t21-/m0/s1. The summed E-state index contributed by atoms with van der Waals surface area (Å²) < 4.78 is 6.04. The van der Waals surface area contributed by atoms with E-state index in [0.29, 0.717) is 48.5 Å². The summed E-state index contributed by atoms with van der Waals surface area (Å²) in [6.45, 7) is 6.86. The molecule has 2 fully saturated rings. The molecule has 9 nitrogen and oxygen atoms in total. The van der Waals surface area contributed by atoms with E-state index in [9.17, 15) is 9.59 Å². The highest BCUT2D eigenvalue weighted by molar-refractivity contribution is 6.06. The molecule has 2 aliphatic rings. The second kappa shape index (κ2) is 10.00. The summed E-state index contributed by atoms with van der Waals surface area (Å²) >= 11 is 0. The van der Waals surface area contributed by atoms with E-state index in [4.69, 9.17) is 10.00 Å². The Morgan fingerprint density at radius 1 is 1.21 bits per heavy atom. The van der Waals surface area contributed by atoms with Gasteiger partial charge in [-0.25, -0.2) is 9.97 Å². The van der Waals surface area contributed by atoms with Crippen LogP contribution in [-0.2, 0) is 4.79 Å². The molecule has 0 aromatic carbocycles. The van der Waals surface area contributed by atoms with Crippen LogP contribution in [0.15, 0.2) is 12.4 Å². The van der Waals surface area contributed by atoms with Gasteiger partial charge >= 0.3 is 0 Å². The van der Waals surface area contributed by atoms with Gasteiger partial charge in [-0.2, -0.15) is 5.26 Å². The molecule has 1 aliphatic carbocycles. The second-order valence-corrected chi connectivity index (χ2v) is 10.5. The summed E-state index contributed by atoms with van der Waals surface area (Å²) in [6, 6.07) is 1.58. The first-order valence-electron chi connectivity index (χ1n) is 12.3. The Morgan fingerprint density at radius 3 is 2.56 bits per heavy atom. The fourth-order valence-corrected chi connectivity index (χ4v) is 4.73. The quantitative estimate of drug-likeness (QED) is 0.694. The third-order valence-electron chi connectivity index (χ3n) is 6.82. The topological polar surface area (TPSA) is 124 Å². The van der Waals surface area contributed by atoms with Gasteiger partial charge in [-0.3, -0.25) is 9.59 Å². The van der Waals surface area contributed by atoms with Gasteiger partial charge in [0.25, 0.3) is 5.91 Å². The van der Waals surface area contributed by atoms with Crippen molar-refractivity contribution in [3.8, 4) is 11.9 Å². The first kappa shape index (κ1) is 24.0. The number of nitriles is 1. The number of rotatable bonds is 5. The Kier molecular flexibility index (Phi) is 7.05. The van der Waals surface area contributed by atoms with Crippen molar-refractivity contribution >= 4 is 23.0 Å². The zero-order chi connectivity index (χ0) is 24.3. The van der Waals surface area contributed by atoms with Gasteiger partial charge in [0.15, 0.2) is 5.65 Å². The number of nitrogens with zero attached hydrogens (tertiary/aromatic N) is 4. The number of likely N-dealkylation sites (tertiary alicyclic amines) is 1. The smallest absolute Gasteiger partial charge is 0.255 e. The van der Waals surface area contributed by atoms with Crippen molar-refractivity contribution in [2.75, 3.05) is 13.1 Å². The Hall–Kier alpha value is -3.15. The number of amides is 2. The highest BCUT2D eigenvalue weighted by atomic mass is 16.5. The molecule has 1 atom stereocenters. The van der Waals surface area contributed by atoms with Gasteiger partial charge in [0.1, 0.15) is 17.7 Å². The SMILES string of the molecule is CC(C)(C)[C@@H](NC(=O)c1c[nH]c2ncc(OC3CCCCC3)nc12)C(=O)N1CCC(C#N)CC1. The molecule has 0 spiro atoms. The Morgan fingerprint density at radius 2 is 1.91 bits per heavy atom. The molecule has 1 saturated heterocycles. The number of aromatic nitrogens is 3. The number of piperidine rings is 1. The number of hydrogen-bond donors (Lipinski definition) is 2. The number of carbonyl (C=O) groups is 2. The van der Waals surface area contributed by atoms with Crippen LogP contribution in [0.1, 0.15) is 76.1 Å². The first-order valence-corrected chi connectivity index (χ1v) is 12.3. The molecule has 2 aromatic heterocycles. The van der Waals surface area contributed by atoms with Crippen LogP contribution in [0.2, 0.25) is 0 Å². The lowest BCUT2D eigenvalue weighted by Gasteiger charge is -2.37. The summed E-state index contributed by atoms with van der Waals surface area (Å²) in [5.41, 5.74) is 0.771. The Labute approximate surface area is 200 Å². The van der Waals surface area contributed by atoms with Gasteiger partial charge in [-0.05, 0) is 43.9 Å². The fraction of sp³-hybridized carbons (Fsp3) is 0.640. The molecule has 2 amide bonds. The van der Waals surface area contributed by atoms with Crippen LogP contribution in [0.5, 0.6) is 5.88 Å². The summed E-state index contributed by atoms with van der Waals surface area (Å²) in [5.74, 6) is -0.0987. The van der Waals surface area contributed by atoms with Gasteiger partial charge in [0, 0.05) is 25.2 Å². The molecule has 1 saturated carbocycles. The van der Waals surface area contributed by atoms with E-state index < -0.39 is 11.5 Å². The summed E-state index contributed by atoms with van der Waals surface area (Å²) in [5, 5.41) is 12.1. The lowest BCUT2D eigenvalue weighted by atomic mass is 9.85. The number of carbonyl (C=O) groups excluding carboxylic acids is 2. The maximum absolute atomic E-state index is 13.4. The average molecular weight is 467 g/mol. The van der Waals surface area contributed by atoms with Crippen molar-refractivity contribution in [2.24, 2.45) is 11.3 Å². The maximum Gasteiger partial charge on any atom is 0.255 e. The van der Waals surface area contributed by atoms with Crippen LogP contribution in [0, 0.1) is 22.7 Å². The Bertz CT molecular complexity index is 1070. The van der Waals surface area contributed by atoms with Gasteiger partial charge < -0.3 is 19.9 Å². The molecule has 0 radical (unpaired) electrons. The molecule has 3 heterocycles. The van der Waals surface area contributed by atoms with Crippen LogP contribution in [0.25, 0.3) is 11.2 Å². The van der Waals surface area contributed by atoms with E-state index in [2.05, 4.69) is 26.3 Å². The van der Waals surface area contributed by atoms with E-state index in [0.717, 1.165) is 25.7 Å². The highest BCUT2D eigenvalue weighted by Gasteiger charge is 2.37. The van der Waals surface area contributed by atoms with Gasteiger partial charge in [0.2, 0.25) is 11.8 Å². The average Bonchev–Trinajstić information content (AvgIpc) is 3.25. The van der Waals surface area contributed by atoms with Crippen molar-refractivity contribution in [3.63, 3.8) is 0 Å². The number of ether oxygens (including phenoxy) is 1. The highest BCUT2D eigenvalue weighted by Crippen LogP contribution is 2.26. The van der Waals surface area contributed by atoms with Gasteiger partial charge in [-0.15, -0.1) is 0 Å². The molecular weight excluding hydrogens is 432 g/mol. The molecule has 0 bridgehead atoms. The third-order valence-corrected chi connectivity index (χ3v) is 6.82. The van der Waals surface area contributed by atoms with Crippen molar-refractivity contribution < 1.29 is 14.3 Å². The predicted octanol–water partition coefficient (Wildman–Crippen LogP) is 3.58. The second-order valence-electron chi connectivity index (χ2n) is 10.5. The fourth-order valence-electron chi connectivity index (χ4n) is 4.73. The number of H-pyrrole nitrogens is 1. The van der Waals surface area contributed by atoms with E-state index in [1.807, 2.05) is 20.8 Å². The maximum atomic E-state index is 13.4. The minimum Gasteiger partial charge on any atom is -0.473 e. The monoisotopic (exact) mass is 466 g/mol. The minimum absolute atomic E-state index is 0.0125. The van der Waals surface area contributed by atoms with E-state index in [1.165, 1.54) is 6.42 Å². The van der Waals surface area contributed by atoms with Crippen molar-refractivity contribution in [3.05, 3.63) is 18.0 Å². The number of fused-ring (bicyclic) bond motifs is 1. The van der Waals surface area contributed by atoms with Crippen LogP contribution < -0.4 is 10.1 Å². The number of hydrogen-bond acceptors (Lipinski definition) is 6. The normalized spacial score (nSPS) is 18.9. The summed E-state index contributed by atoms with van der Waals surface area (Å²) in [6.07, 6.45) is 10.1. The van der Waals surface area contributed by atoms with Gasteiger partial charge in [0.05, 0.1) is 17.8 Å². The summed E-state index contributed by atoms with van der Waals surface area (Å²) in [7, 11) is 0. The summed E-state index contributed by atoms with van der Waals surface area (Å²) in [4.78, 5) is 40.4. The molecule has 9 heteroatoms. The molecule has 1 aliphatic heterocycles. The predicted molar refractivity (Wildman–Crippen MR) is 127 cm³/mol. The zero-order valence-corrected chi connectivity index (χ0v) is 20.3. The van der Waals surface area contributed by atoms with E-state index in [-0.39, 0.29) is 23.8 Å². The van der Waals surface area contributed by atoms with Crippen LogP contribution in [0.3, 0.4) is 0 Å². The van der Waals surface area contributed by atoms with Crippen LogP contribution in [0.4, 0.5) is 0 Å². The molecule has 0 unspecified atom stereocenters. The van der Waals surface area contributed by atoms with E-state index >= 15 is 0 Å². The molecule has 34 heavy (non-hydrogen) atoms. The molecule has 182 valence electrons. The molecular formula is C25H34N6O3.